The summed E-state index contributed by atoms with van der Waals surface area (Å²) in [6, 6.07) is 9.58. The SMILES string of the molecule is CCNC(=NCC(O)c1cccc(OC(C)C)c1)NCCc1ccncc1C. The molecule has 0 radical (unpaired) electrons. The Morgan fingerprint density at radius 1 is 1.25 bits per heavy atom. The Bertz CT molecular complexity index is 762. The first-order valence-electron chi connectivity index (χ1n) is 9.86. The van der Waals surface area contributed by atoms with Gasteiger partial charge in [0.1, 0.15) is 5.75 Å². The van der Waals surface area contributed by atoms with Crippen molar-refractivity contribution in [1.82, 2.24) is 15.6 Å². The van der Waals surface area contributed by atoms with Crippen LogP contribution in [0, 0.1) is 6.92 Å². The second kappa shape index (κ2) is 11.3. The van der Waals surface area contributed by atoms with Crippen LogP contribution in [0.4, 0.5) is 0 Å². The molecule has 0 bridgehead atoms. The van der Waals surface area contributed by atoms with Crippen LogP contribution in [0.2, 0.25) is 0 Å². The Labute approximate surface area is 168 Å². The second-order valence-corrected chi connectivity index (χ2v) is 6.95. The van der Waals surface area contributed by atoms with E-state index in [1.165, 1.54) is 11.1 Å². The van der Waals surface area contributed by atoms with E-state index in [9.17, 15) is 5.11 Å². The van der Waals surface area contributed by atoms with E-state index < -0.39 is 6.10 Å². The van der Waals surface area contributed by atoms with E-state index >= 15 is 0 Å². The van der Waals surface area contributed by atoms with Crippen LogP contribution < -0.4 is 15.4 Å². The van der Waals surface area contributed by atoms with Gasteiger partial charge >= 0.3 is 0 Å². The number of benzene rings is 1. The molecule has 2 aromatic rings. The highest BCUT2D eigenvalue weighted by atomic mass is 16.5. The normalized spacial score (nSPS) is 12.7. The zero-order chi connectivity index (χ0) is 20.4. The van der Waals surface area contributed by atoms with Crippen molar-refractivity contribution in [2.75, 3.05) is 19.6 Å². The van der Waals surface area contributed by atoms with Gasteiger partial charge in [-0.15, -0.1) is 0 Å². The molecule has 0 saturated heterocycles. The van der Waals surface area contributed by atoms with E-state index in [1.807, 2.05) is 63.5 Å². The summed E-state index contributed by atoms with van der Waals surface area (Å²) in [6.07, 6.45) is 3.99. The van der Waals surface area contributed by atoms with Crippen molar-refractivity contribution in [3.8, 4) is 5.75 Å². The van der Waals surface area contributed by atoms with Gasteiger partial charge in [0.15, 0.2) is 5.96 Å². The third-order valence-electron chi connectivity index (χ3n) is 4.20. The summed E-state index contributed by atoms with van der Waals surface area (Å²) in [7, 11) is 0. The zero-order valence-corrected chi connectivity index (χ0v) is 17.3. The van der Waals surface area contributed by atoms with Crippen LogP contribution in [0.15, 0.2) is 47.7 Å². The van der Waals surface area contributed by atoms with E-state index in [4.69, 9.17) is 4.74 Å². The van der Waals surface area contributed by atoms with Crippen molar-refractivity contribution in [3.63, 3.8) is 0 Å². The van der Waals surface area contributed by atoms with Gasteiger partial charge in [-0.2, -0.15) is 0 Å². The number of nitrogens with zero attached hydrogens (tertiary/aromatic N) is 2. The molecule has 1 heterocycles. The molecule has 1 aromatic carbocycles. The van der Waals surface area contributed by atoms with Crippen molar-refractivity contribution in [2.24, 2.45) is 4.99 Å². The number of aliphatic imine (C=N–C) groups is 1. The van der Waals surface area contributed by atoms with Gasteiger partial charge in [0.25, 0.3) is 0 Å². The highest BCUT2D eigenvalue weighted by Gasteiger charge is 2.09. The molecule has 1 unspecified atom stereocenters. The van der Waals surface area contributed by atoms with Crippen LogP contribution >= 0.6 is 0 Å². The molecule has 28 heavy (non-hydrogen) atoms. The number of hydrogen-bond acceptors (Lipinski definition) is 4. The Hall–Kier alpha value is -2.60. The van der Waals surface area contributed by atoms with E-state index in [0.29, 0.717) is 5.96 Å². The van der Waals surface area contributed by atoms with Crippen molar-refractivity contribution in [2.45, 2.75) is 46.3 Å². The van der Waals surface area contributed by atoms with Crippen LogP contribution in [0.1, 0.15) is 43.6 Å². The molecular formula is C22H32N4O2. The number of aryl methyl sites for hydroxylation is 1. The Kier molecular flexibility index (Phi) is 8.75. The smallest absolute Gasteiger partial charge is 0.191 e. The quantitative estimate of drug-likeness (QED) is 0.458. The second-order valence-electron chi connectivity index (χ2n) is 6.95. The lowest BCUT2D eigenvalue weighted by molar-refractivity contribution is 0.185. The molecule has 0 amide bonds. The molecule has 152 valence electrons. The number of guanidine groups is 1. The van der Waals surface area contributed by atoms with E-state index in [2.05, 4.69) is 27.5 Å². The monoisotopic (exact) mass is 384 g/mol. The van der Waals surface area contributed by atoms with Gasteiger partial charge in [-0.1, -0.05) is 12.1 Å². The highest BCUT2D eigenvalue weighted by Crippen LogP contribution is 2.20. The molecule has 0 saturated carbocycles. The van der Waals surface area contributed by atoms with Crippen molar-refractivity contribution < 1.29 is 9.84 Å². The fourth-order valence-electron chi connectivity index (χ4n) is 2.79. The van der Waals surface area contributed by atoms with Crippen molar-refractivity contribution >= 4 is 5.96 Å². The molecule has 2 rings (SSSR count). The van der Waals surface area contributed by atoms with Gasteiger partial charge in [0.2, 0.25) is 0 Å². The maximum Gasteiger partial charge on any atom is 0.191 e. The molecule has 3 N–H and O–H groups in total. The molecule has 1 aromatic heterocycles. The number of hydrogen-bond donors (Lipinski definition) is 3. The van der Waals surface area contributed by atoms with Gasteiger partial charge in [-0.05, 0) is 69.0 Å². The number of aromatic nitrogens is 1. The van der Waals surface area contributed by atoms with Crippen LogP contribution in [-0.4, -0.2) is 41.8 Å². The van der Waals surface area contributed by atoms with Gasteiger partial charge in [-0.25, -0.2) is 0 Å². The van der Waals surface area contributed by atoms with Gasteiger partial charge < -0.3 is 20.5 Å². The summed E-state index contributed by atoms with van der Waals surface area (Å²) in [5.74, 6) is 1.45. The van der Waals surface area contributed by atoms with Gasteiger partial charge in [0, 0.05) is 25.5 Å². The number of ether oxygens (including phenoxy) is 1. The van der Waals surface area contributed by atoms with Crippen molar-refractivity contribution in [1.29, 1.82) is 0 Å². The lowest BCUT2D eigenvalue weighted by Crippen LogP contribution is -2.38. The first kappa shape index (κ1) is 21.7. The number of aliphatic hydroxyl groups is 1. The summed E-state index contributed by atoms with van der Waals surface area (Å²) in [6.45, 7) is 9.83. The molecule has 0 spiro atoms. The third kappa shape index (κ3) is 7.19. The summed E-state index contributed by atoms with van der Waals surface area (Å²) in [4.78, 5) is 8.65. The zero-order valence-electron chi connectivity index (χ0n) is 17.3. The fraction of sp³-hybridized carbons (Fsp3) is 0.455. The van der Waals surface area contributed by atoms with E-state index in [-0.39, 0.29) is 12.6 Å². The van der Waals surface area contributed by atoms with Crippen LogP contribution in [0.5, 0.6) is 5.75 Å². The molecule has 0 aliphatic carbocycles. The number of nitrogens with one attached hydrogen (secondary N) is 2. The summed E-state index contributed by atoms with van der Waals surface area (Å²) in [5.41, 5.74) is 3.25. The maximum atomic E-state index is 10.5. The largest absolute Gasteiger partial charge is 0.491 e. The predicted octanol–water partition coefficient (Wildman–Crippen LogP) is 3.01. The van der Waals surface area contributed by atoms with E-state index in [0.717, 1.165) is 30.8 Å². The summed E-state index contributed by atoms with van der Waals surface area (Å²) in [5, 5.41) is 17.1. The van der Waals surface area contributed by atoms with Crippen molar-refractivity contribution in [3.05, 3.63) is 59.4 Å². The lowest BCUT2D eigenvalue weighted by Gasteiger charge is -2.15. The average molecular weight is 385 g/mol. The molecule has 6 heteroatoms. The lowest BCUT2D eigenvalue weighted by atomic mass is 10.1. The third-order valence-corrected chi connectivity index (χ3v) is 4.20. The van der Waals surface area contributed by atoms with Crippen LogP contribution in [0.3, 0.4) is 0 Å². The first-order chi connectivity index (χ1) is 13.5. The molecule has 6 nitrogen and oxygen atoms in total. The summed E-state index contributed by atoms with van der Waals surface area (Å²) >= 11 is 0. The molecule has 1 atom stereocenters. The van der Waals surface area contributed by atoms with E-state index in [1.54, 1.807) is 0 Å². The maximum absolute atomic E-state index is 10.5. The Morgan fingerprint density at radius 3 is 2.79 bits per heavy atom. The Morgan fingerprint density at radius 2 is 2.07 bits per heavy atom. The van der Waals surface area contributed by atoms with Crippen LogP contribution in [0.25, 0.3) is 0 Å². The average Bonchev–Trinajstić information content (AvgIpc) is 2.67. The first-order valence-corrected chi connectivity index (χ1v) is 9.86. The highest BCUT2D eigenvalue weighted by molar-refractivity contribution is 5.79. The van der Waals surface area contributed by atoms with Gasteiger partial charge in [0.05, 0.1) is 18.8 Å². The Balaban J connectivity index is 1.93. The number of pyridine rings is 1. The minimum Gasteiger partial charge on any atom is -0.491 e. The standard InChI is InChI=1S/C22H32N4O2/c1-5-24-22(25-12-10-18-9-11-23-14-17(18)4)26-15-21(27)19-7-6-8-20(13-19)28-16(2)3/h6-9,11,13-14,16,21,27H,5,10,12,15H2,1-4H3,(H2,24,25,26). The molecule has 0 aliphatic heterocycles. The minimum absolute atomic E-state index is 0.0963. The van der Waals surface area contributed by atoms with Crippen LogP contribution in [-0.2, 0) is 6.42 Å². The topological polar surface area (TPSA) is 78.8 Å². The van der Waals surface area contributed by atoms with Gasteiger partial charge in [-0.3, -0.25) is 9.98 Å². The number of rotatable bonds is 9. The fourth-order valence-corrected chi connectivity index (χ4v) is 2.79. The minimum atomic E-state index is -0.686. The molecule has 0 aliphatic rings. The molecule has 0 fully saturated rings. The predicted molar refractivity (Wildman–Crippen MR) is 114 cm³/mol. The summed E-state index contributed by atoms with van der Waals surface area (Å²) < 4.78 is 5.70. The molecular weight excluding hydrogens is 352 g/mol. The number of aliphatic hydroxyl groups excluding tert-OH is 1.